The number of aliphatic hydroxyl groups excluding tert-OH is 5. The molecule has 412 valence electrons. The van der Waals surface area contributed by atoms with E-state index in [1.807, 2.05) is 6.08 Å². The maximum atomic E-state index is 13.0. The van der Waals surface area contributed by atoms with E-state index < -0.39 is 49.5 Å². The lowest BCUT2D eigenvalue weighted by Crippen LogP contribution is -2.60. The number of carbonyl (C=O) groups excluding carboxylic acids is 1. The van der Waals surface area contributed by atoms with Crippen LogP contribution in [0.1, 0.15) is 290 Å². The minimum Gasteiger partial charge on any atom is -0.394 e. The zero-order chi connectivity index (χ0) is 50.8. The zero-order valence-corrected chi connectivity index (χ0v) is 45.8. The molecular formula is C61H115NO8. The van der Waals surface area contributed by atoms with Crippen LogP contribution in [0.15, 0.2) is 36.5 Å². The molecule has 1 aliphatic heterocycles. The summed E-state index contributed by atoms with van der Waals surface area (Å²) >= 11 is 0. The third kappa shape index (κ3) is 39.9. The summed E-state index contributed by atoms with van der Waals surface area (Å²) in [6, 6.07) is -0.818. The van der Waals surface area contributed by atoms with Crippen LogP contribution in [0.4, 0.5) is 0 Å². The van der Waals surface area contributed by atoms with Crippen molar-refractivity contribution in [2.45, 2.75) is 333 Å². The highest BCUT2D eigenvalue weighted by Crippen LogP contribution is 2.23. The van der Waals surface area contributed by atoms with Crippen LogP contribution in [0.3, 0.4) is 0 Å². The minimum atomic E-state index is -1.57. The number of unbranched alkanes of at least 4 members (excludes halogenated alkanes) is 38. The topological polar surface area (TPSA) is 149 Å². The third-order valence-electron chi connectivity index (χ3n) is 14.4. The zero-order valence-electron chi connectivity index (χ0n) is 45.8. The quantitative estimate of drug-likeness (QED) is 0.0261. The van der Waals surface area contributed by atoms with Crippen LogP contribution in [0.5, 0.6) is 0 Å². The summed E-state index contributed by atoms with van der Waals surface area (Å²) in [7, 11) is 0. The van der Waals surface area contributed by atoms with Gasteiger partial charge in [0.2, 0.25) is 5.91 Å². The average molecular weight is 991 g/mol. The van der Waals surface area contributed by atoms with Gasteiger partial charge in [0.25, 0.3) is 0 Å². The van der Waals surface area contributed by atoms with E-state index in [4.69, 9.17) is 9.47 Å². The van der Waals surface area contributed by atoms with Gasteiger partial charge in [-0.2, -0.15) is 0 Å². The maximum absolute atomic E-state index is 13.0. The molecule has 0 aromatic carbocycles. The fourth-order valence-corrected chi connectivity index (χ4v) is 9.64. The molecule has 6 N–H and O–H groups in total. The molecule has 0 spiro atoms. The maximum Gasteiger partial charge on any atom is 0.220 e. The van der Waals surface area contributed by atoms with Crippen molar-refractivity contribution in [2.75, 3.05) is 13.2 Å². The van der Waals surface area contributed by atoms with Crippen LogP contribution in [-0.4, -0.2) is 87.5 Å². The molecule has 0 radical (unpaired) electrons. The largest absolute Gasteiger partial charge is 0.394 e. The second kappa shape index (κ2) is 50.9. The Morgan fingerprint density at radius 1 is 0.471 bits per heavy atom. The fourth-order valence-electron chi connectivity index (χ4n) is 9.64. The summed E-state index contributed by atoms with van der Waals surface area (Å²) in [6.07, 6.45) is 59.7. The molecule has 1 rings (SSSR count). The first-order valence-electron chi connectivity index (χ1n) is 30.2. The van der Waals surface area contributed by atoms with Gasteiger partial charge in [-0.3, -0.25) is 4.79 Å². The molecule has 7 atom stereocenters. The molecule has 1 amide bonds. The van der Waals surface area contributed by atoms with Crippen LogP contribution >= 0.6 is 0 Å². The lowest BCUT2D eigenvalue weighted by atomic mass is 9.99. The lowest BCUT2D eigenvalue weighted by Gasteiger charge is -2.40. The Morgan fingerprint density at radius 3 is 1.20 bits per heavy atom. The summed E-state index contributed by atoms with van der Waals surface area (Å²) < 4.78 is 11.2. The fraction of sp³-hybridized carbons (Fsp3) is 0.885. The molecule has 70 heavy (non-hydrogen) atoms. The predicted molar refractivity (Wildman–Crippen MR) is 295 cm³/mol. The first-order valence-corrected chi connectivity index (χ1v) is 30.2. The normalized spacial score (nSPS) is 19.6. The van der Waals surface area contributed by atoms with Gasteiger partial charge in [-0.05, 0) is 57.8 Å². The van der Waals surface area contributed by atoms with Crippen molar-refractivity contribution in [1.82, 2.24) is 5.32 Å². The van der Waals surface area contributed by atoms with Gasteiger partial charge in [-0.25, -0.2) is 0 Å². The van der Waals surface area contributed by atoms with Gasteiger partial charge in [0.05, 0.1) is 25.4 Å². The van der Waals surface area contributed by atoms with Crippen molar-refractivity contribution in [3.8, 4) is 0 Å². The van der Waals surface area contributed by atoms with E-state index >= 15 is 0 Å². The monoisotopic (exact) mass is 990 g/mol. The van der Waals surface area contributed by atoms with Crippen LogP contribution in [0.25, 0.3) is 0 Å². The van der Waals surface area contributed by atoms with Crippen molar-refractivity contribution in [3.05, 3.63) is 36.5 Å². The highest BCUT2D eigenvalue weighted by Gasteiger charge is 2.44. The predicted octanol–water partition coefficient (Wildman–Crippen LogP) is 15.1. The Labute approximate surface area is 431 Å². The average Bonchev–Trinajstić information content (AvgIpc) is 3.36. The van der Waals surface area contributed by atoms with Gasteiger partial charge in [0, 0.05) is 6.42 Å². The molecule has 0 bridgehead atoms. The molecular weight excluding hydrogens is 875 g/mol. The molecule has 1 heterocycles. The second-order valence-corrected chi connectivity index (χ2v) is 21.1. The summed E-state index contributed by atoms with van der Waals surface area (Å²) in [4.78, 5) is 13.0. The highest BCUT2D eigenvalue weighted by atomic mass is 16.7. The molecule has 0 saturated carbocycles. The van der Waals surface area contributed by atoms with E-state index in [1.165, 1.54) is 231 Å². The number of aliphatic hydroxyl groups is 5. The molecule has 9 heteroatoms. The molecule has 0 aromatic rings. The smallest absolute Gasteiger partial charge is 0.220 e. The van der Waals surface area contributed by atoms with Crippen LogP contribution < -0.4 is 5.32 Å². The van der Waals surface area contributed by atoms with Crippen LogP contribution in [-0.2, 0) is 14.3 Å². The first kappa shape index (κ1) is 66.4. The van der Waals surface area contributed by atoms with E-state index in [0.29, 0.717) is 6.42 Å². The van der Waals surface area contributed by atoms with Gasteiger partial charge in [0.1, 0.15) is 24.4 Å². The van der Waals surface area contributed by atoms with Crippen molar-refractivity contribution in [2.24, 2.45) is 0 Å². The van der Waals surface area contributed by atoms with Crippen LogP contribution in [0.2, 0.25) is 0 Å². The molecule has 7 unspecified atom stereocenters. The number of hydrogen-bond acceptors (Lipinski definition) is 8. The summed E-state index contributed by atoms with van der Waals surface area (Å²) in [5, 5.41) is 54.3. The molecule has 1 aliphatic rings. The van der Waals surface area contributed by atoms with Gasteiger partial charge < -0.3 is 40.3 Å². The van der Waals surface area contributed by atoms with Gasteiger partial charge in [0.15, 0.2) is 6.29 Å². The molecule has 0 aliphatic carbocycles. The van der Waals surface area contributed by atoms with Crippen molar-refractivity contribution in [1.29, 1.82) is 0 Å². The Hall–Kier alpha value is -1.59. The summed E-state index contributed by atoms with van der Waals surface area (Å²) in [5.74, 6) is -0.183. The van der Waals surface area contributed by atoms with Gasteiger partial charge >= 0.3 is 0 Å². The lowest BCUT2D eigenvalue weighted by molar-refractivity contribution is -0.302. The summed E-state index contributed by atoms with van der Waals surface area (Å²) in [6.45, 7) is 3.76. The van der Waals surface area contributed by atoms with E-state index in [2.05, 4.69) is 43.5 Å². The number of amides is 1. The van der Waals surface area contributed by atoms with Crippen molar-refractivity contribution < 1.29 is 39.8 Å². The Bertz CT molecular complexity index is 1190. The number of nitrogens with one attached hydrogen (secondary N) is 1. The van der Waals surface area contributed by atoms with Gasteiger partial charge in [-0.15, -0.1) is 0 Å². The minimum absolute atomic E-state index is 0.183. The molecule has 1 fully saturated rings. The van der Waals surface area contributed by atoms with Gasteiger partial charge in [-0.1, -0.05) is 262 Å². The van der Waals surface area contributed by atoms with E-state index in [9.17, 15) is 30.3 Å². The number of hydrogen-bond donors (Lipinski definition) is 6. The van der Waals surface area contributed by atoms with E-state index in [1.54, 1.807) is 6.08 Å². The number of carbonyl (C=O) groups is 1. The third-order valence-corrected chi connectivity index (χ3v) is 14.4. The molecule has 0 aromatic heterocycles. The highest BCUT2D eigenvalue weighted by molar-refractivity contribution is 5.76. The van der Waals surface area contributed by atoms with E-state index in [0.717, 1.165) is 38.5 Å². The second-order valence-electron chi connectivity index (χ2n) is 21.1. The number of allylic oxidation sites excluding steroid dienone is 5. The standard InChI is InChI=1S/C61H115NO8/c1-3-5-7-9-11-13-15-17-18-19-20-21-22-23-24-25-26-27-28-29-30-31-32-33-34-35-36-37-38-39-41-43-45-47-49-51-57(65)62-54(53-69-61-60(68)59(67)58(66)56(52-63)70-61)55(64)50-48-46-44-42-40-16-14-12-10-8-6-4-2/h19-20,40,42,48,50,54-56,58-61,63-64,66-68H,3-18,21-39,41,43-47,49,51-53H2,1-2H3,(H,62,65)/b20-19-,42-40+,50-48+. The first-order chi connectivity index (χ1) is 34.3. The summed E-state index contributed by atoms with van der Waals surface area (Å²) in [5.41, 5.74) is 0. The Balaban J connectivity index is 2.06. The number of rotatable bonds is 52. The van der Waals surface area contributed by atoms with Crippen molar-refractivity contribution >= 4 is 5.91 Å². The van der Waals surface area contributed by atoms with Crippen molar-refractivity contribution in [3.63, 3.8) is 0 Å². The Morgan fingerprint density at radius 2 is 0.814 bits per heavy atom. The molecule has 9 nitrogen and oxygen atoms in total. The number of ether oxygens (including phenoxy) is 2. The van der Waals surface area contributed by atoms with E-state index in [-0.39, 0.29) is 12.5 Å². The SMILES string of the molecule is CCCCCCCC/C=C/CC/C=C/C(O)C(COC1OC(CO)C(O)C(O)C1O)NC(=O)CCCCCCCCCCCCCCCCCCCCCCCCC/C=C\CCCCCCCCCC. The Kier molecular flexibility index (Phi) is 48.3. The molecule has 1 saturated heterocycles. The van der Waals surface area contributed by atoms with Crippen LogP contribution in [0, 0.1) is 0 Å².